The predicted octanol–water partition coefficient (Wildman–Crippen LogP) is 0.749. The summed E-state index contributed by atoms with van der Waals surface area (Å²) in [6.07, 6.45) is -0.857. The van der Waals surface area contributed by atoms with Gasteiger partial charge < -0.3 is 10.2 Å². The zero-order chi connectivity index (χ0) is 9.42. The van der Waals surface area contributed by atoms with Gasteiger partial charge in [-0.1, -0.05) is 30.3 Å². The minimum Gasteiger partial charge on any atom is -0.392 e. The van der Waals surface area contributed by atoms with Crippen molar-refractivity contribution >= 4 is 9.24 Å². The van der Waals surface area contributed by atoms with Gasteiger partial charge in [0.1, 0.15) is 0 Å². The summed E-state index contributed by atoms with van der Waals surface area (Å²) >= 11 is 0. The number of rotatable bonds is 1. The number of benzene rings is 1. The lowest BCUT2D eigenvalue weighted by molar-refractivity contribution is -0.0440. The molecule has 1 aliphatic carbocycles. The van der Waals surface area contributed by atoms with Crippen molar-refractivity contribution in [2.45, 2.75) is 23.8 Å². The first kappa shape index (κ1) is 9.14. The van der Waals surface area contributed by atoms with E-state index in [4.69, 9.17) is 0 Å². The van der Waals surface area contributed by atoms with Gasteiger partial charge in [0.05, 0.1) is 12.2 Å². The van der Waals surface area contributed by atoms with Crippen LogP contribution in [-0.4, -0.2) is 28.1 Å². The number of hydrogen-bond donors (Lipinski definition) is 2. The van der Waals surface area contributed by atoms with Crippen LogP contribution in [0.2, 0.25) is 0 Å². The molecule has 1 aromatic rings. The summed E-state index contributed by atoms with van der Waals surface area (Å²) in [6, 6.07) is 9.65. The highest BCUT2D eigenvalue weighted by Gasteiger charge is 2.46. The van der Waals surface area contributed by atoms with E-state index >= 15 is 0 Å². The van der Waals surface area contributed by atoms with Gasteiger partial charge in [-0.05, 0) is 5.56 Å². The second kappa shape index (κ2) is 3.38. The van der Waals surface area contributed by atoms with Crippen molar-refractivity contribution in [2.75, 3.05) is 0 Å². The third-order valence-corrected chi connectivity index (χ3v) is 3.50. The summed E-state index contributed by atoms with van der Waals surface area (Å²) in [6.45, 7) is 0. The van der Waals surface area contributed by atoms with Crippen LogP contribution in [-0.2, 0) is 0 Å². The third kappa shape index (κ3) is 1.39. The van der Waals surface area contributed by atoms with Crippen molar-refractivity contribution in [3.63, 3.8) is 0 Å². The molecule has 0 spiro atoms. The SMILES string of the molecule is OC1C(P)C(O)C1c1ccccc1. The molecule has 0 bridgehead atoms. The average molecular weight is 196 g/mol. The molecule has 13 heavy (non-hydrogen) atoms. The average Bonchev–Trinajstić information content (AvgIpc) is 2.19. The van der Waals surface area contributed by atoms with E-state index in [1.54, 1.807) is 0 Å². The fourth-order valence-corrected chi connectivity index (χ4v) is 2.29. The van der Waals surface area contributed by atoms with Crippen LogP contribution in [0.5, 0.6) is 0 Å². The topological polar surface area (TPSA) is 40.5 Å². The zero-order valence-electron chi connectivity index (χ0n) is 7.17. The van der Waals surface area contributed by atoms with Gasteiger partial charge >= 0.3 is 0 Å². The Morgan fingerprint density at radius 1 is 1.00 bits per heavy atom. The van der Waals surface area contributed by atoms with Gasteiger partial charge in [-0.25, -0.2) is 0 Å². The Morgan fingerprint density at radius 2 is 1.54 bits per heavy atom. The van der Waals surface area contributed by atoms with Gasteiger partial charge in [0.15, 0.2) is 0 Å². The Balaban J connectivity index is 2.20. The maximum Gasteiger partial charge on any atom is 0.0721 e. The second-order valence-electron chi connectivity index (χ2n) is 3.50. The van der Waals surface area contributed by atoms with Crippen LogP contribution in [0.4, 0.5) is 0 Å². The second-order valence-corrected chi connectivity index (χ2v) is 4.26. The van der Waals surface area contributed by atoms with Crippen LogP contribution in [0, 0.1) is 0 Å². The summed E-state index contributed by atoms with van der Waals surface area (Å²) in [7, 11) is 2.47. The molecule has 0 saturated heterocycles. The highest BCUT2D eigenvalue weighted by molar-refractivity contribution is 7.18. The van der Waals surface area contributed by atoms with E-state index in [9.17, 15) is 10.2 Å². The smallest absolute Gasteiger partial charge is 0.0721 e. The molecule has 70 valence electrons. The molecule has 3 atom stereocenters. The monoisotopic (exact) mass is 196 g/mol. The zero-order valence-corrected chi connectivity index (χ0v) is 8.32. The van der Waals surface area contributed by atoms with E-state index in [0.29, 0.717) is 0 Å². The van der Waals surface area contributed by atoms with E-state index in [1.807, 2.05) is 30.3 Å². The summed E-state index contributed by atoms with van der Waals surface area (Å²) in [5.41, 5.74) is 0.936. The molecule has 0 heterocycles. The molecule has 2 nitrogen and oxygen atoms in total. The molecule has 2 N–H and O–H groups in total. The molecule has 3 unspecified atom stereocenters. The van der Waals surface area contributed by atoms with Crippen LogP contribution in [0.25, 0.3) is 0 Å². The summed E-state index contributed by atoms with van der Waals surface area (Å²) < 4.78 is 0. The highest BCUT2D eigenvalue weighted by atomic mass is 31.0. The van der Waals surface area contributed by atoms with Crippen LogP contribution < -0.4 is 0 Å². The Labute approximate surface area is 79.8 Å². The predicted molar refractivity (Wildman–Crippen MR) is 54.7 cm³/mol. The highest BCUT2D eigenvalue weighted by Crippen LogP contribution is 2.41. The molecule has 0 radical (unpaired) electrons. The molecule has 1 fully saturated rings. The molecule has 3 heteroatoms. The normalized spacial score (nSPS) is 38.4. The third-order valence-electron chi connectivity index (χ3n) is 2.71. The van der Waals surface area contributed by atoms with Crippen molar-refractivity contribution in [1.29, 1.82) is 0 Å². The number of hydrogen-bond acceptors (Lipinski definition) is 2. The van der Waals surface area contributed by atoms with E-state index in [1.165, 1.54) is 0 Å². The van der Waals surface area contributed by atoms with Gasteiger partial charge in [-0.15, -0.1) is 9.24 Å². The largest absolute Gasteiger partial charge is 0.392 e. The van der Waals surface area contributed by atoms with Gasteiger partial charge in [0, 0.05) is 11.6 Å². The van der Waals surface area contributed by atoms with Crippen molar-refractivity contribution in [2.24, 2.45) is 0 Å². The minimum atomic E-state index is -0.428. The fourth-order valence-electron chi connectivity index (χ4n) is 1.81. The lowest BCUT2D eigenvalue weighted by Gasteiger charge is -2.44. The van der Waals surface area contributed by atoms with Crippen LogP contribution in [0.3, 0.4) is 0 Å². The molecule has 0 amide bonds. The van der Waals surface area contributed by atoms with Gasteiger partial charge in [0.25, 0.3) is 0 Å². The number of aliphatic hydroxyl groups excluding tert-OH is 2. The van der Waals surface area contributed by atoms with E-state index in [-0.39, 0.29) is 11.6 Å². The lowest BCUT2D eigenvalue weighted by Crippen LogP contribution is -2.54. The summed E-state index contributed by atoms with van der Waals surface area (Å²) in [5.74, 6) is -0.108. The number of aliphatic hydroxyl groups is 2. The van der Waals surface area contributed by atoms with Crippen molar-refractivity contribution in [3.8, 4) is 0 Å². The molecule has 1 saturated carbocycles. The standard InChI is InChI=1S/C10H13O2P/c11-8-7(9(12)10(8)13)6-4-2-1-3-5-6/h1-5,7-12H,13H2. The van der Waals surface area contributed by atoms with E-state index in [0.717, 1.165) is 5.56 Å². The van der Waals surface area contributed by atoms with E-state index in [2.05, 4.69) is 9.24 Å². The van der Waals surface area contributed by atoms with Gasteiger partial charge in [-0.2, -0.15) is 0 Å². The lowest BCUT2D eigenvalue weighted by atomic mass is 9.74. The van der Waals surface area contributed by atoms with Crippen LogP contribution in [0.1, 0.15) is 11.5 Å². The molecule has 2 rings (SSSR count). The van der Waals surface area contributed by atoms with Gasteiger partial charge in [0.2, 0.25) is 0 Å². The van der Waals surface area contributed by atoms with Crippen molar-refractivity contribution < 1.29 is 10.2 Å². The molecule has 1 aromatic carbocycles. The maximum absolute atomic E-state index is 9.62. The minimum absolute atomic E-state index is 0.0785. The molecule has 0 aromatic heterocycles. The van der Waals surface area contributed by atoms with Crippen molar-refractivity contribution in [1.82, 2.24) is 0 Å². The Morgan fingerprint density at radius 3 is 2.08 bits per heavy atom. The molecule has 1 aliphatic rings. The summed E-state index contributed by atoms with van der Waals surface area (Å²) in [5, 5.41) is 19.2. The first-order chi connectivity index (χ1) is 6.22. The van der Waals surface area contributed by atoms with E-state index < -0.39 is 12.2 Å². The van der Waals surface area contributed by atoms with Crippen LogP contribution in [0.15, 0.2) is 30.3 Å². The molecule has 0 aliphatic heterocycles. The Kier molecular flexibility index (Phi) is 2.37. The molecular weight excluding hydrogens is 183 g/mol. The summed E-state index contributed by atoms with van der Waals surface area (Å²) in [4.78, 5) is 0. The fraction of sp³-hybridized carbons (Fsp3) is 0.400. The van der Waals surface area contributed by atoms with Gasteiger partial charge in [-0.3, -0.25) is 0 Å². The van der Waals surface area contributed by atoms with Crippen molar-refractivity contribution in [3.05, 3.63) is 35.9 Å². The molecular formula is C10H13O2P. The Hall–Kier alpha value is -0.430. The Bertz CT molecular complexity index is 278. The maximum atomic E-state index is 9.62. The first-order valence-electron chi connectivity index (χ1n) is 4.38. The first-order valence-corrected chi connectivity index (χ1v) is 5.05. The quantitative estimate of drug-likeness (QED) is 0.651. The van der Waals surface area contributed by atoms with Crippen LogP contribution >= 0.6 is 9.24 Å².